The Labute approximate surface area is 70.7 Å². The molecule has 1 aliphatic heterocycles. The Morgan fingerprint density at radius 3 is 2.17 bits per heavy atom. The quantitative estimate of drug-likeness (QED) is 0.584. The molecule has 1 atom stereocenters. The molecule has 0 amide bonds. The summed E-state index contributed by atoms with van der Waals surface area (Å²) in [5.41, 5.74) is 0.957. The van der Waals surface area contributed by atoms with Crippen molar-refractivity contribution in [2.75, 3.05) is 6.54 Å². The summed E-state index contributed by atoms with van der Waals surface area (Å²) in [5, 5.41) is 21.5. The standard InChI is InChI=1S/C9H11NO2/c11-7-3-6(4-8(12)5-7)9-1-2-10-9/h3-5,9-12H,1-2H2/t9-/m0/s1. The maximum atomic E-state index is 9.17. The van der Waals surface area contributed by atoms with Gasteiger partial charge in [-0.1, -0.05) is 0 Å². The Morgan fingerprint density at radius 1 is 1.17 bits per heavy atom. The highest BCUT2D eigenvalue weighted by molar-refractivity contribution is 5.38. The summed E-state index contributed by atoms with van der Waals surface area (Å²) in [6.07, 6.45) is 1.07. The van der Waals surface area contributed by atoms with E-state index in [0.717, 1.165) is 18.5 Å². The third-order valence-corrected chi connectivity index (χ3v) is 2.15. The van der Waals surface area contributed by atoms with E-state index < -0.39 is 0 Å². The van der Waals surface area contributed by atoms with E-state index in [-0.39, 0.29) is 11.5 Å². The predicted octanol–water partition coefficient (Wildman–Crippen LogP) is 1.13. The first-order chi connectivity index (χ1) is 5.75. The molecule has 1 aromatic carbocycles. The van der Waals surface area contributed by atoms with Gasteiger partial charge >= 0.3 is 0 Å². The van der Waals surface area contributed by atoms with Crippen LogP contribution in [-0.4, -0.2) is 16.8 Å². The van der Waals surface area contributed by atoms with Crippen LogP contribution in [0.25, 0.3) is 0 Å². The number of aromatic hydroxyl groups is 2. The first-order valence-electron chi connectivity index (χ1n) is 4.02. The number of phenols is 2. The van der Waals surface area contributed by atoms with Gasteiger partial charge in [-0.2, -0.15) is 0 Å². The monoisotopic (exact) mass is 165 g/mol. The van der Waals surface area contributed by atoms with Crippen molar-refractivity contribution in [3.05, 3.63) is 23.8 Å². The summed E-state index contributed by atoms with van der Waals surface area (Å²) in [4.78, 5) is 0. The molecule has 0 aliphatic carbocycles. The van der Waals surface area contributed by atoms with Gasteiger partial charge in [-0.15, -0.1) is 0 Å². The molecule has 1 saturated heterocycles. The van der Waals surface area contributed by atoms with E-state index in [1.807, 2.05) is 0 Å². The largest absolute Gasteiger partial charge is 0.508 e. The smallest absolute Gasteiger partial charge is 0.119 e. The number of benzene rings is 1. The predicted molar refractivity (Wildman–Crippen MR) is 45.1 cm³/mol. The number of hydrogen-bond donors (Lipinski definition) is 3. The van der Waals surface area contributed by atoms with Gasteiger partial charge in [-0.3, -0.25) is 0 Å². The van der Waals surface area contributed by atoms with Gasteiger partial charge < -0.3 is 15.5 Å². The third kappa shape index (κ3) is 1.23. The van der Waals surface area contributed by atoms with Crippen molar-refractivity contribution < 1.29 is 10.2 Å². The van der Waals surface area contributed by atoms with E-state index >= 15 is 0 Å². The number of hydrogen-bond acceptors (Lipinski definition) is 3. The molecular formula is C9H11NO2. The van der Waals surface area contributed by atoms with Crippen molar-refractivity contribution in [3.8, 4) is 11.5 Å². The number of phenolic OH excluding ortho intramolecular Hbond substituents is 2. The minimum atomic E-state index is 0.124. The highest BCUT2D eigenvalue weighted by Gasteiger charge is 2.19. The van der Waals surface area contributed by atoms with Crippen LogP contribution >= 0.6 is 0 Å². The van der Waals surface area contributed by atoms with Crippen molar-refractivity contribution in [2.45, 2.75) is 12.5 Å². The molecule has 0 aromatic heterocycles. The topological polar surface area (TPSA) is 52.5 Å². The molecule has 3 heteroatoms. The number of nitrogens with one attached hydrogen (secondary N) is 1. The molecule has 64 valence electrons. The molecule has 1 aliphatic rings. The van der Waals surface area contributed by atoms with Gasteiger partial charge in [0.25, 0.3) is 0 Å². The van der Waals surface area contributed by atoms with Crippen LogP contribution in [-0.2, 0) is 0 Å². The lowest BCUT2D eigenvalue weighted by molar-refractivity contribution is 0.377. The molecule has 0 unspecified atom stereocenters. The zero-order valence-electron chi connectivity index (χ0n) is 6.62. The fourth-order valence-electron chi connectivity index (χ4n) is 1.39. The van der Waals surface area contributed by atoms with Gasteiger partial charge in [0.15, 0.2) is 0 Å². The average molecular weight is 165 g/mol. The lowest BCUT2D eigenvalue weighted by atomic mass is 9.98. The van der Waals surface area contributed by atoms with Crippen LogP contribution in [0.2, 0.25) is 0 Å². The first kappa shape index (κ1) is 7.43. The van der Waals surface area contributed by atoms with Crippen LogP contribution in [0.5, 0.6) is 11.5 Å². The lowest BCUT2D eigenvalue weighted by Gasteiger charge is -2.28. The van der Waals surface area contributed by atoms with E-state index in [2.05, 4.69) is 5.32 Å². The van der Waals surface area contributed by atoms with Gasteiger partial charge in [-0.25, -0.2) is 0 Å². The van der Waals surface area contributed by atoms with Crippen molar-refractivity contribution in [2.24, 2.45) is 0 Å². The van der Waals surface area contributed by atoms with Crippen LogP contribution in [0, 0.1) is 0 Å². The summed E-state index contributed by atoms with van der Waals surface area (Å²) in [7, 11) is 0. The molecule has 3 N–H and O–H groups in total. The van der Waals surface area contributed by atoms with Crippen molar-refractivity contribution in [3.63, 3.8) is 0 Å². The maximum absolute atomic E-state index is 9.17. The van der Waals surface area contributed by atoms with Gasteiger partial charge in [0.1, 0.15) is 11.5 Å². The molecule has 1 heterocycles. The minimum Gasteiger partial charge on any atom is -0.508 e. The fourth-order valence-corrected chi connectivity index (χ4v) is 1.39. The minimum absolute atomic E-state index is 0.124. The van der Waals surface area contributed by atoms with Crippen LogP contribution in [0.3, 0.4) is 0 Å². The summed E-state index contributed by atoms with van der Waals surface area (Å²) in [6.45, 7) is 1.01. The average Bonchev–Trinajstić information content (AvgIpc) is 1.79. The molecule has 3 nitrogen and oxygen atoms in total. The summed E-state index contributed by atoms with van der Waals surface area (Å²) in [5.74, 6) is 0.248. The first-order valence-corrected chi connectivity index (χ1v) is 4.02. The molecule has 1 fully saturated rings. The van der Waals surface area contributed by atoms with E-state index in [4.69, 9.17) is 0 Å². The Balaban J connectivity index is 2.30. The molecule has 0 spiro atoms. The summed E-state index contributed by atoms with van der Waals surface area (Å²) in [6, 6.07) is 5.00. The van der Waals surface area contributed by atoms with E-state index in [0.29, 0.717) is 6.04 Å². The fraction of sp³-hybridized carbons (Fsp3) is 0.333. The summed E-state index contributed by atoms with van der Waals surface area (Å²) >= 11 is 0. The van der Waals surface area contributed by atoms with E-state index in [9.17, 15) is 10.2 Å². The normalized spacial score (nSPS) is 21.8. The maximum Gasteiger partial charge on any atom is 0.119 e. The van der Waals surface area contributed by atoms with E-state index in [1.165, 1.54) is 6.07 Å². The highest BCUT2D eigenvalue weighted by Crippen LogP contribution is 2.29. The van der Waals surface area contributed by atoms with Gasteiger partial charge in [0.2, 0.25) is 0 Å². The molecule has 0 radical (unpaired) electrons. The van der Waals surface area contributed by atoms with Crippen molar-refractivity contribution >= 4 is 0 Å². The Kier molecular flexibility index (Phi) is 1.66. The van der Waals surface area contributed by atoms with Crippen molar-refractivity contribution in [1.29, 1.82) is 0 Å². The molecule has 12 heavy (non-hydrogen) atoms. The second kappa shape index (κ2) is 2.68. The second-order valence-corrected chi connectivity index (χ2v) is 3.08. The summed E-state index contributed by atoms with van der Waals surface area (Å²) < 4.78 is 0. The van der Waals surface area contributed by atoms with Crippen LogP contribution in [0.15, 0.2) is 18.2 Å². The SMILES string of the molecule is Oc1cc(O)cc([C@@H]2CCN2)c1. The Morgan fingerprint density at radius 2 is 1.75 bits per heavy atom. The van der Waals surface area contributed by atoms with Crippen LogP contribution in [0.1, 0.15) is 18.0 Å². The molecule has 0 bridgehead atoms. The molecular weight excluding hydrogens is 154 g/mol. The molecule has 2 rings (SSSR count). The van der Waals surface area contributed by atoms with Gasteiger partial charge in [0.05, 0.1) is 0 Å². The Hall–Kier alpha value is -1.22. The Bertz CT molecular complexity index is 274. The zero-order chi connectivity index (χ0) is 8.55. The van der Waals surface area contributed by atoms with Crippen LogP contribution < -0.4 is 5.32 Å². The van der Waals surface area contributed by atoms with Crippen LogP contribution in [0.4, 0.5) is 0 Å². The van der Waals surface area contributed by atoms with Gasteiger partial charge in [-0.05, 0) is 30.7 Å². The molecule has 1 aromatic rings. The highest BCUT2D eigenvalue weighted by atomic mass is 16.3. The second-order valence-electron chi connectivity index (χ2n) is 3.08. The zero-order valence-corrected chi connectivity index (χ0v) is 6.62. The van der Waals surface area contributed by atoms with E-state index in [1.54, 1.807) is 12.1 Å². The molecule has 0 saturated carbocycles. The van der Waals surface area contributed by atoms with Crippen molar-refractivity contribution in [1.82, 2.24) is 5.32 Å². The van der Waals surface area contributed by atoms with Gasteiger partial charge in [0, 0.05) is 12.1 Å². The number of rotatable bonds is 1. The lowest BCUT2D eigenvalue weighted by Crippen LogP contribution is -2.34. The third-order valence-electron chi connectivity index (χ3n) is 2.15.